The lowest BCUT2D eigenvalue weighted by Gasteiger charge is -2.14. The number of hydrogen-bond donors (Lipinski definition) is 0. The zero-order chi connectivity index (χ0) is 10.4. The lowest BCUT2D eigenvalue weighted by atomic mass is 10.4. The van der Waals surface area contributed by atoms with E-state index in [1.54, 1.807) is 7.11 Å². The molecule has 5 heteroatoms. The van der Waals surface area contributed by atoms with Gasteiger partial charge >= 0.3 is 0 Å². The van der Waals surface area contributed by atoms with Gasteiger partial charge in [-0.2, -0.15) is 0 Å². The first-order chi connectivity index (χ1) is 6.72. The van der Waals surface area contributed by atoms with Gasteiger partial charge in [0.05, 0.1) is 0 Å². The molecule has 1 aromatic rings. The summed E-state index contributed by atoms with van der Waals surface area (Å²) in [5, 5.41) is 0. The van der Waals surface area contributed by atoms with Gasteiger partial charge in [0.15, 0.2) is 4.47 Å². The Morgan fingerprint density at radius 1 is 1.64 bits per heavy atom. The van der Waals surface area contributed by atoms with Gasteiger partial charge in [-0.3, -0.25) is 0 Å². The molecule has 0 saturated heterocycles. The Labute approximate surface area is 93.7 Å². The number of halogens is 1. The number of thiazole rings is 1. The number of methoxy groups -OCH3 is 1. The lowest BCUT2D eigenvalue weighted by molar-refractivity contribution is 0.178. The van der Waals surface area contributed by atoms with E-state index in [4.69, 9.17) is 16.3 Å². The van der Waals surface area contributed by atoms with Crippen LogP contribution in [0.25, 0.3) is 0 Å². The topological polar surface area (TPSA) is 25.4 Å². The molecule has 1 heterocycles. The van der Waals surface area contributed by atoms with Crippen LogP contribution in [-0.4, -0.2) is 37.2 Å². The first-order valence-electron chi connectivity index (χ1n) is 4.50. The van der Waals surface area contributed by atoms with E-state index in [2.05, 4.69) is 16.9 Å². The van der Waals surface area contributed by atoms with Crippen molar-refractivity contribution in [2.75, 3.05) is 27.3 Å². The standard InChI is InChI=1S/C9H15ClN2OS/c1-12(4-3-5-13-2)7-8-6-11-9(10)14-8/h6H,3-5,7H2,1-2H3. The minimum atomic E-state index is 0.616. The summed E-state index contributed by atoms with van der Waals surface area (Å²) in [6.45, 7) is 2.76. The summed E-state index contributed by atoms with van der Waals surface area (Å²) in [6.07, 6.45) is 2.89. The first-order valence-corrected chi connectivity index (χ1v) is 5.69. The van der Waals surface area contributed by atoms with Crippen LogP contribution in [0.2, 0.25) is 4.47 Å². The largest absolute Gasteiger partial charge is 0.385 e. The number of nitrogens with zero attached hydrogens (tertiary/aromatic N) is 2. The Morgan fingerprint density at radius 3 is 3.00 bits per heavy atom. The van der Waals surface area contributed by atoms with Crippen LogP contribution < -0.4 is 0 Å². The predicted octanol–water partition coefficient (Wildman–Crippen LogP) is 2.26. The fourth-order valence-electron chi connectivity index (χ4n) is 1.18. The monoisotopic (exact) mass is 234 g/mol. The Bertz CT molecular complexity index is 267. The van der Waals surface area contributed by atoms with Gasteiger partial charge in [0, 0.05) is 37.9 Å². The van der Waals surface area contributed by atoms with Gasteiger partial charge in [-0.05, 0) is 13.5 Å². The molecule has 0 amide bonds. The average molecular weight is 235 g/mol. The molecule has 0 fully saturated rings. The minimum Gasteiger partial charge on any atom is -0.385 e. The zero-order valence-electron chi connectivity index (χ0n) is 8.49. The maximum absolute atomic E-state index is 5.74. The molecule has 0 bridgehead atoms. The fraction of sp³-hybridized carbons (Fsp3) is 0.667. The highest BCUT2D eigenvalue weighted by molar-refractivity contribution is 7.15. The molecule has 0 aliphatic rings. The van der Waals surface area contributed by atoms with Crippen LogP contribution in [0.3, 0.4) is 0 Å². The van der Waals surface area contributed by atoms with E-state index in [0.29, 0.717) is 4.47 Å². The molecular weight excluding hydrogens is 220 g/mol. The number of hydrogen-bond acceptors (Lipinski definition) is 4. The highest BCUT2D eigenvalue weighted by Gasteiger charge is 2.03. The van der Waals surface area contributed by atoms with Crippen molar-refractivity contribution in [3.63, 3.8) is 0 Å². The number of rotatable bonds is 6. The van der Waals surface area contributed by atoms with E-state index in [9.17, 15) is 0 Å². The summed E-state index contributed by atoms with van der Waals surface area (Å²) < 4.78 is 5.61. The summed E-state index contributed by atoms with van der Waals surface area (Å²) in [4.78, 5) is 7.44. The summed E-state index contributed by atoms with van der Waals surface area (Å²) in [5.74, 6) is 0. The molecule has 3 nitrogen and oxygen atoms in total. The van der Waals surface area contributed by atoms with Gasteiger partial charge in [0.25, 0.3) is 0 Å². The van der Waals surface area contributed by atoms with Crippen LogP contribution in [-0.2, 0) is 11.3 Å². The van der Waals surface area contributed by atoms with E-state index in [-0.39, 0.29) is 0 Å². The SMILES string of the molecule is COCCCN(C)Cc1cnc(Cl)s1. The van der Waals surface area contributed by atoms with Crippen molar-refractivity contribution in [1.29, 1.82) is 0 Å². The van der Waals surface area contributed by atoms with Crippen molar-refractivity contribution >= 4 is 22.9 Å². The normalized spacial score (nSPS) is 11.1. The maximum atomic E-state index is 5.74. The Balaban J connectivity index is 2.23. The fourth-order valence-corrected chi connectivity index (χ4v) is 2.24. The van der Waals surface area contributed by atoms with Crippen molar-refractivity contribution in [2.45, 2.75) is 13.0 Å². The molecule has 0 aliphatic heterocycles. The van der Waals surface area contributed by atoms with E-state index < -0.39 is 0 Å². The molecule has 14 heavy (non-hydrogen) atoms. The molecule has 0 saturated carbocycles. The molecule has 0 aromatic carbocycles. The molecule has 0 N–H and O–H groups in total. The predicted molar refractivity (Wildman–Crippen MR) is 60.0 cm³/mol. The quantitative estimate of drug-likeness (QED) is 0.707. The lowest BCUT2D eigenvalue weighted by Crippen LogP contribution is -2.19. The average Bonchev–Trinajstić information content (AvgIpc) is 2.52. The van der Waals surface area contributed by atoms with Crippen LogP contribution in [0.1, 0.15) is 11.3 Å². The van der Waals surface area contributed by atoms with Crippen molar-refractivity contribution in [2.24, 2.45) is 0 Å². The van der Waals surface area contributed by atoms with Gasteiger partial charge in [0.2, 0.25) is 0 Å². The van der Waals surface area contributed by atoms with Crippen molar-refractivity contribution in [3.05, 3.63) is 15.5 Å². The second-order valence-electron chi connectivity index (χ2n) is 3.16. The van der Waals surface area contributed by atoms with Crippen molar-refractivity contribution in [1.82, 2.24) is 9.88 Å². The summed E-state index contributed by atoms with van der Waals surface area (Å²) in [6, 6.07) is 0. The van der Waals surface area contributed by atoms with E-state index in [0.717, 1.165) is 26.1 Å². The molecular formula is C9H15ClN2OS. The molecule has 0 radical (unpaired) electrons. The zero-order valence-corrected chi connectivity index (χ0v) is 10.1. The first kappa shape index (κ1) is 11.9. The third kappa shape index (κ3) is 4.37. The van der Waals surface area contributed by atoms with E-state index >= 15 is 0 Å². The Hall–Kier alpha value is -0.160. The van der Waals surface area contributed by atoms with Crippen molar-refractivity contribution < 1.29 is 4.74 Å². The van der Waals surface area contributed by atoms with Crippen LogP contribution in [0.5, 0.6) is 0 Å². The van der Waals surface area contributed by atoms with Gasteiger partial charge in [0.1, 0.15) is 0 Å². The summed E-state index contributed by atoms with van der Waals surface area (Å²) in [7, 11) is 3.81. The molecule has 0 atom stereocenters. The van der Waals surface area contributed by atoms with Crippen LogP contribution in [0.4, 0.5) is 0 Å². The van der Waals surface area contributed by atoms with Gasteiger partial charge in [-0.15, -0.1) is 11.3 Å². The van der Waals surface area contributed by atoms with Gasteiger partial charge in [-0.25, -0.2) is 4.98 Å². The Morgan fingerprint density at radius 2 is 2.43 bits per heavy atom. The van der Waals surface area contributed by atoms with Gasteiger partial charge in [-0.1, -0.05) is 11.6 Å². The minimum absolute atomic E-state index is 0.616. The van der Waals surface area contributed by atoms with Crippen LogP contribution in [0, 0.1) is 0 Å². The van der Waals surface area contributed by atoms with Crippen LogP contribution >= 0.6 is 22.9 Å². The highest BCUT2D eigenvalue weighted by Crippen LogP contribution is 2.18. The smallest absolute Gasteiger partial charge is 0.183 e. The third-order valence-corrected chi connectivity index (χ3v) is 2.94. The van der Waals surface area contributed by atoms with E-state index in [1.165, 1.54) is 16.2 Å². The highest BCUT2D eigenvalue weighted by atomic mass is 35.5. The number of aromatic nitrogens is 1. The van der Waals surface area contributed by atoms with Gasteiger partial charge < -0.3 is 9.64 Å². The summed E-state index contributed by atoms with van der Waals surface area (Å²) in [5.41, 5.74) is 0. The molecule has 1 rings (SSSR count). The third-order valence-electron chi connectivity index (χ3n) is 1.84. The second-order valence-corrected chi connectivity index (χ2v) is 4.86. The molecule has 0 unspecified atom stereocenters. The summed E-state index contributed by atoms with van der Waals surface area (Å²) >= 11 is 7.28. The molecule has 80 valence electrons. The maximum Gasteiger partial charge on any atom is 0.183 e. The van der Waals surface area contributed by atoms with Crippen molar-refractivity contribution in [3.8, 4) is 0 Å². The number of ether oxygens (including phenoxy) is 1. The van der Waals surface area contributed by atoms with E-state index in [1.807, 2.05) is 6.20 Å². The molecule has 0 aliphatic carbocycles. The second kappa shape index (κ2) is 6.35. The van der Waals surface area contributed by atoms with Crippen LogP contribution in [0.15, 0.2) is 6.20 Å². The molecule has 0 spiro atoms. The Kier molecular flexibility index (Phi) is 5.40. The molecule has 1 aromatic heterocycles.